The molecular formula is C13H11NO6S. The van der Waals surface area contributed by atoms with E-state index in [1.165, 1.54) is 37.6 Å². The van der Waals surface area contributed by atoms with Gasteiger partial charge in [-0.05, 0) is 18.2 Å². The van der Waals surface area contributed by atoms with E-state index in [2.05, 4.69) is 9.72 Å². The minimum absolute atomic E-state index is 0.0962. The monoisotopic (exact) mass is 309 g/mol. The molecule has 1 N–H and O–H groups in total. The van der Waals surface area contributed by atoms with Crippen molar-refractivity contribution in [2.75, 3.05) is 7.11 Å². The van der Waals surface area contributed by atoms with Gasteiger partial charge in [0.1, 0.15) is 5.75 Å². The first-order valence-electron chi connectivity index (χ1n) is 5.74. The number of H-pyrrole nitrogens is 1. The lowest BCUT2D eigenvalue weighted by Gasteiger charge is -2.07. The minimum Gasteiger partial charge on any atom is -0.465 e. The van der Waals surface area contributed by atoms with Gasteiger partial charge in [0.2, 0.25) is 5.43 Å². The molecule has 110 valence electrons. The van der Waals surface area contributed by atoms with Crippen LogP contribution in [0.1, 0.15) is 10.4 Å². The van der Waals surface area contributed by atoms with Crippen LogP contribution in [0.5, 0.6) is 5.75 Å². The van der Waals surface area contributed by atoms with Crippen molar-refractivity contribution in [3.8, 4) is 5.75 Å². The van der Waals surface area contributed by atoms with Gasteiger partial charge in [-0.3, -0.25) is 4.79 Å². The summed E-state index contributed by atoms with van der Waals surface area (Å²) in [5.41, 5.74) is -0.565. The van der Waals surface area contributed by atoms with E-state index in [0.29, 0.717) is 0 Å². The zero-order valence-electron chi connectivity index (χ0n) is 10.9. The van der Waals surface area contributed by atoms with Crippen LogP contribution in [0.25, 0.3) is 0 Å². The SMILES string of the molecule is COC(=O)c1cccc(OS(=O)(=O)c2c[nH]ccc2=O)c1. The summed E-state index contributed by atoms with van der Waals surface area (Å²) in [6.45, 7) is 0. The lowest BCUT2D eigenvalue weighted by Crippen LogP contribution is -2.19. The van der Waals surface area contributed by atoms with Crippen molar-refractivity contribution in [3.05, 3.63) is 58.5 Å². The second-order valence-corrected chi connectivity index (χ2v) is 5.44. The maximum absolute atomic E-state index is 12.0. The number of nitrogens with one attached hydrogen (secondary N) is 1. The van der Waals surface area contributed by atoms with Gasteiger partial charge in [0, 0.05) is 18.5 Å². The van der Waals surface area contributed by atoms with E-state index in [-0.39, 0.29) is 11.3 Å². The van der Waals surface area contributed by atoms with Crippen molar-refractivity contribution in [1.82, 2.24) is 4.98 Å². The fraction of sp³-hybridized carbons (Fsp3) is 0.0769. The number of methoxy groups -OCH3 is 1. The average molecular weight is 309 g/mol. The molecule has 0 saturated carbocycles. The highest BCUT2D eigenvalue weighted by molar-refractivity contribution is 7.87. The molecule has 0 unspecified atom stereocenters. The molecule has 8 heteroatoms. The Bertz CT molecular complexity index is 824. The molecule has 7 nitrogen and oxygen atoms in total. The number of aromatic amines is 1. The zero-order valence-corrected chi connectivity index (χ0v) is 11.7. The molecule has 1 aromatic heterocycles. The van der Waals surface area contributed by atoms with Gasteiger partial charge >= 0.3 is 16.1 Å². The maximum atomic E-state index is 12.0. The molecule has 0 amide bonds. The van der Waals surface area contributed by atoms with Crippen molar-refractivity contribution in [1.29, 1.82) is 0 Å². The summed E-state index contributed by atoms with van der Waals surface area (Å²) in [5, 5.41) is 0. The Kier molecular flexibility index (Phi) is 4.08. The first-order chi connectivity index (χ1) is 9.94. The van der Waals surface area contributed by atoms with Crippen LogP contribution in [-0.4, -0.2) is 26.5 Å². The summed E-state index contributed by atoms with van der Waals surface area (Å²) in [7, 11) is -3.08. The lowest BCUT2D eigenvalue weighted by molar-refractivity contribution is 0.0600. The molecule has 0 spiro atoms. The molecule has 0 aliphatic heterocycles. The third-order valence-electron chi connectivity index (χ3n) is 2.52. The number of carbonyl (C=O) groups excluding carboxylic acids is 1. The summed E-state index contributed by atoms with van der Waals surface area (Å²) in [5.74, 6) is -0.725. The Morgan fingerprint density at radius 2 is 2.00 bits per heavy atom. The Hall–Kier alpha value is -2.61. The molecule has 0 radical (unpaired) electrons. The predicted molar refractivity (Wildman–Crippen MR) is 72.7 cm³/mol. The molecule has 1 aromatic carbocycles. The van der Waals surface area contributed by atoms with Crippen molar-refractivity contribution < 1.29 is 22.1 Å². The summed E-state index contributed by atoms with van der Waals surface area (Å²) in [6, 6.07) is 6.51. The molecule has 0 aliphatic carbocycles. The molecule has 21 heavy (non-hydrogen) atoms. The van der Waals surface area contributed by atoms with Crippen molar-refractivity contribution in [3.63, 3.8) is 0 Å². The fourth-order valence-corrected chi connectivity index (χ4v) is 2.53. The van der Waals surface area contributed by atoms with E-state index in [9.17, 15) is 18.0 Å². The number of hydrogen-bond donors (Lipinski definition) is 1. The molecule has 0 fully saturated rings. The molecule has 2 rings (SSSR count). The number of hydrogen-bond acceptors (Lipinski definition) is 6. The minimum atomic E-state index is -4.29. The lowest BCUT2D eigenvalue weighted by atomic mass is 10.2. The molecule has 0 atom stereocenters. The Morgan fingerprint density at radius 3 is 2.67 bits per heavy atom. The third-order valence-corrected chi connectivity index (χ3v) is 3.79. The number of ether oxygens (including phenoxy) is 1. The van der Waals surface area contributed by atoms with Gasteiger partial charge < -0.3 is 13.9 Å². The van der Waals surface area contributed by atoms with Gasteiger partial charge in [0.25, 0.3) is 0 Å². The van der Waals surface area contributed by atoms with E-state index >= 15 is 0 Å². The quantitative estimate of drug-likeness (QED) is 0.666. The van der Waals surface area contributed by atoms with Crippen LogP contribution in [0.15, 0.2) is 52.4 Å². The van der Waals surface area contributed by atoms with Crippen LogP contribution < -0.4 is 9.61 Å². The third kappa shape index (κ3) is 3.29. The smallest absolute Gasteiger partial charge is 0.344 e. The van der Waals surface area contributed by atoms with Gasteiger partial charge in [-0.2, -0.15) is 8.42 Å². The summed E-state index contributed by atoms with van der Waals surface area (Å²) >= 11 is 0. The van der Waals surface area contributed by atoms with Gasteiger partial charge in [-0.15, -0.1) is 0 Å². The molecule has 0 bridgehead atoms. The van der Waals surface area contributed by atoms with Gasteiger partial charge in [0.05, 0.1) is 12.7 Å². The van der Waals surface area contributed by atoms with Crippen LogP contribution in [0.2, 0.25) is 0 Å². The highest BCUT2D eigenvalue weighted by Crippen LogP contribution is 2.18. The standard InChI is InChI=1S/C13H11NO6S/c1-19-13(16)9-3-2-4-10(7-9)20-21(17,18)12-8-14-6-5-11(12)15/h2-8H,1H3,(H,14,15). The predicted octanol–water partition coefficient (Wildman–Crippen LogP) is 0.929. The molecule has 2 aromatic rings. The number of aromatic nitrogens is 1. The normalized spacial score (nSPS) is 10.9. The average Bonchev–Trinajstić information content (AvgIpc) is 2.46. The number of pyridine rings is 1. The van der Waals surface area contributed by atoms with Crippen molar-refractivity contribution in [2.45, 2.75) is 4.90 Å². The summed E-state index contributed by atoms with van der Waals surface area (Å²) < 4.78 is 33.4. The van der Waals surface area contributed by atoms with Crippen molar-refractivity contribution in [2.24, 2.45) is 0 Å². The fourth-order valence-electron chi connectivity index (χ4n) is 1.56. The summed E-state index contributed by atoms with van der Waals surface area (Å²) in [4.78, 5) is 24.9. The number of esters is 1. The zero-order chi connectivity index (χ0) is 15.5. The highest BCUT2D eigenvalue weighted by atomic mass is 32.2. The van der Waals surface area contributed by atoms with E-state index in [1.807, 2.05) is 0 Å². The van der Waals surface area contributed by atoms with Crippen LogP contribution in [0, 0.1) is 0 Å². The topological polar surface area (TPSA) is 103 Å². The molecule has 0 aliphatic rings. The maximum Gasteiger partial charge on any atom is 0.344 e. The van der Waals surface area contributed by atoms with Gasteiger partial charge in [-0.25, -0.2) is 4.79 Å². The number of carbonyl (C=O) groups is 1. The first-order valence-corrected chi connectivity index (χ1v) is 7.15. The van der Waals surface area contributed by atoms with Crippen LogP contribution in [-0.2, 0) is 14.9 Å². The number of rotatable bonds is 4. The Labute approximate surface area is 120 Å². The molecule has 0 saturated heterocycles. The Balaban J connectivity index is 2.36. The van der Waals surface area contributed by atoms with E-state index in [4.69, 9.17) is 4.18 Å². The molecule has 1 heterocycles. The van der Waals surface area contributed by atoms with Crippen molar-refractivity contribution >= 4 is 16.1 Å². The van der Waals surface area contributed by atoms with E-state index < -0.39 is 26.4 Å². The van der Waals surface area contributed by atoms with Crippen LogP contribution >= 0.6 is 0 Å². The van der Waals surface area contributed by atoms with E-state index in [1.54, 1.807) is 0 Å². The summed E-state index contributed by atoms with van der Waals surface area (Å²) in [6.07, 6.45) is 2.33. The first kappa shape index (κ1) is 14.8. The Morgan fingerprint density at radius 1 is 1.24 bits per heavy atom. The van der Waals surface area contributed by atoms with E-state index in [0.717, 1.165) is 12.3 Å². The van der Waals surface area contributed by atoms with Gasteiger partial charge in [0.15, 0.2) is 4.90 Å². The van der Waals surface area contributed by atoms with Crippen LogP contribution in [0.3, 0.4) is 0 Å². The largest absolute Gasteiger partial charge is 0.465 e. The van der Waals surface area contributed by atoms with Crippen LogP contribution in [0.4, 0.5) is 0 Å². The second kappa shape index (κ2) is 5.80. The highest BCUT2D eigenvalue weighted by Gasteiger charge is 2.20. The molecular weight excluding hydrogens is 298 g/mol. The van der Waals surface area contributed by atoms with Gasteiger partial charge in [-0.1, -0.05) is 6.07 Å². The second-order valence-electron chi connectivity index (χ2n) is 3.93. The number of benzene rings is 1.